The number of amides is 1. The number of aromatic nitrogens is 1. The van der Waals surface area contributed by atoms with Crippen LogP contribution >= 0.6 is 0 Å². The van der Waals surface area contributed by atoms with E-state index in [9.17, 15) is 4.79 Å². The zero-order valence-electron chi connectivity index (χ0n) is 15.9. The molecule has 0 bridgehead atoms. The smallest absolute Gasteiger partial charge is 0.246 e. The molecule has 6 nitrogen and oxygen atoms in total. The summed E-state index contributed by atoms with van der Waals surface area (Å²) in [7, 11) is 0. The minimum atomic E-state index is -0.0157. The van der Waals surface area contributed by atoms with Gasteiger partial charge in [0.15, 0.2) is 0 Å². The SMILES string of the molecule is C=CC(=O)N1CCN(C2=NC(=C)N(CC(C)(C)C)c3ncccc32)CC1. The maximum Gasteiger partial charge on any atom is 0.246 e. The van der Waals surface area contributed by atoms with Crippen LogP contribution in [0, 0.1) is 5.41 Å². The van der Waals surface area contributed by atoms with Gasteiger partial charge >= 0.3 is 0 Å². The van der Waals surface area contributed by atoms with Gasteiger partial charge in [0.05, 0.1) is 5.56 Å². The predicted molar refractivity (Wildman–Crippen MR) is 105 cm³/mol. The number of hydrogen-bond acceptors (Lipinski definition) is 5. The number of pyridine rings is 1. The molecule has 0 unspecified atom stereocenters. The third-order valence-electron chi connectivity index (χ3n) is 4.53. The molecule has 0 aliphatic carbocycles. The fraction of sp³-hybridized carbons (Fsp3) is 0.450. The Hall–Kier alpha value is -2.63. The average Bonchev–Trinajstić information content (AvgIpc) is 2.62. The van der Waals surface area contributed by atoms with Crippen LogP contribution in [-0.4, -0.2) is 59.3 Å². The maximum absolute atomic E-state index is 11.8. The third kappa shape index (κ3) is 3.64. The highest BCUT2D eigenvalue weighted by molar-refractivity contribution is 6.05. The minimum absolute atomic E-state index is 0.0157. The molecule has 1 amide bonds. The summed E-state index contributed by atoms with van der Waals surface area (Å²) in [6, 6.07) is 4.00. The van der Waals surface area contributed by atoms with E-state index in [0.29, 0.717) is 18.9 Å². The minimum Gasteiger partial charge on any atom is -0.352 e. The van der Waals surface area contributed by atoms with Crippen LogP contribution in [-0.2, 0) is 4.79 Å². The number of fused-ring (bicyclic) bond motifs is 1. The predicted octanol–water partition coefficient (Wildman–Crippen LogP) is 2.50. The lowest BCUT2D eigenvalue weighted by atomic mass is 9.95. The second-order valence-electron chi connectivity index (χ2n) is 7.89. The van der Waals surface area contributed by atoms with Gasteiger partial charge in [0.2, 0.25) is 5.91 Å². The lowest BCUT2D eigenvalue weighted by Gasteiger charge is -2.40. The van der Waals surface area contributed by atoms with Gasteiger partial charge in [-0.05, 0) is 23.6 Å². The number of aliphatic imine (C=N–C) groups is 1. The molecule has 2 aliphatic heterocycles. The topological polar surface area (TPSA) is 52.0 Å². The van der Waals surface area contributed by atoms with Crippen LogP contribution in [0.2, 0.25) is 0 Å². The highest BCUT2D eigenvalue weighted by Crippen LogP contribution is 2.32. The van der Waals surface area contributed by atoms with Gasteiger partial charge < -0.3 is 14.7 Å². The number of rotatable bonds is 2. The molecule has 3 rings (SSSR count). The molecule has 1 fully saturated rings. The monoisotopic (exact) mass is 353 g/mol. The molecule has 0 aromatic carbocycles. The molecule has 2 aliphatic rings. The van der Waals surface area contributed by atoms with E-state index in [-0.39, 0.29) is 11.3 Å². The highest BCUT2D eigenvalue weighted by atomic mass is 16.2. The summed E-state index contributed by atoms with van der Waals surface area (Å²) in [6.45, 7) is 17.9. The van der Waals surface area contributed by atoms with Crippen molar-refractivity contribution < 1.29 is 4.79 Å². The molecule has 0 N–H and O–H groups in total. The molecule has 3 heterocycles. The summed E-state index contributed by atoms with van der Waals surface area (Å²) in [5.74, 6) is 2.50. The highest BCUT2D eigenvalue weighted by Gasteiger charge is 2.31. The standard InChI is InChI=1S/C20H27N5O/c1-6-17(26)23-10-12-24(13-11-23)19-16-8-7-9-21-18(16)25(15(2)22-19)14-20(3,4)5/h6-9H,1-2,10-14H2,3-5H3. The second-order valence-corrected chi connectivity index (χ2v) is 7.89. The first-order chi connectivity index (χ1) is 12.3. The zero-order chi connectivity index (χ0) is 18.9. The molecule has 0 atom stereocenters. The van der Waals surface area contributed by atoms with Gasteiger partial charge in [-0.15, -0.1) is 0 Å². The molecule has 1 aromatic rings. The first-order valence-electron chi connectivity index (χ1n) is 8.97. The lowest BCUT2D eigenvalue weighted by molar-refractivity contribution is -0.127. The molecule has 1 saturated heterocycles. The van der Waals surface area contributed by atoms with Crippen LogP contribution in [0.15, 0.2) is 48.4 Å². The maximum atomic E-state index is 11.8. The first-order valence-corrected chi connectivity index (χ1v) is 8.97. The summed E-state index contributed by atoms with van der Waals surface area (Å²) in [5, 5.41) is 0. The zero-order valence-corrected chi connectivity index (χ0v) is 15.9. The Labute approximate surface area is 155 Å². The van der Waals surface area contributed by atoms with E-state index >= 15 is 0 Å². The van der Waals surface area contributed by atoms with Gasteiger partial charge in [-0.25, -0.2) is 9.98 Å². The molecule has 6 heteroatoms. The number of carbonyl (C=O) groups excluding carboxylic acids is 1. The van der Waals surface area contributed by atoms with Crippen molar-refractivity contribution in [2.45, 2.75) is 20.8 Å². The van der Waals surface area contributed by atoms with E-state index in [2.05, 4.69) is 54.8 Å². The number of piperazine rings is 1. The summed E-state index contributed by atoms with van der Waals surface area (Å²) >= 11 is 0. The fourth-order valence-electron chi connectivity index (χ4n) is 3.30. The average molecular weight is 353 g/mol. The van der Waals surface area contributed by atoms with Crippen molar-refractivity contribution in [3.63, 3.8) is 0 Å². The molecule has 26 heavy (non-hydrogen) atoms. The molecule has 138 valence electrons. The summed E-state index contributed by atoms with van der Waals surface area (Å²) < 4.78 is 0. The Morgan fingerprint density at radius 2 is 1.96 bits per heavy atom. The first kappa shape index (κ1) is 18.2. The van der Waals surface area contributed by atoms with E-state index in [1.165, 1.54) is 6.08 Å². The largest absolute Gasteiger partial charge is 0.352 e. The van der Waals surface area contributed by atoms with Crippen LogP contribution in [0.5, 0.6) is 0 Å². The van der Waals surface area contributed by atoms with Crippen LogP contribution in [0.4, 0.5) is 5.82 Å². The van der Waals surface area contributed by atoms with Gasteiger partial charge in [-0.2, -0.15) is 0 Å². The van der Waals surface area contributed by atoms with Crippen LogP contribution in [0.25, 0.3) is 0 Å². The fourth-order valence-corrected chi connectivity index (χ4v) is 3.30. The van der Waals surface area contributed by atoms with E-state index in [0.717, 1.165) is 36.9 Å². The van der Waals surface area contributed by atoms with Crippen molar-refractivity contribution in [1.29, 1.82) is 0 Å². The quantitative estimate of drug-likeness (QED) is 0.767. The van der Waals surface area contributed by atoms with E-state index < -0.39 is 0 Å². The third-order valence-corrected chi connectivity index (χ3v) is 4.53. The Balaban J connectivity index is 1.86. The normalized spacial score (nSPS) is 17.7. The van der Waals surface area contributed by atoms with Crippen LogP contribution in [0.1, 0.15) is 26.3 Å². The van der Waals surface area contributed by atoms with Gasteiger partial charge in [0.25, 0.3) is 0 Å². The van der Waals surface area contributed by atoms with Crippen molar-refractivity contribution in [2.24, 2.45) is 10.4 Å². The van der Waals surface area contributed by atoms with Crippen LogP contribution < -0.4 is 4.90 Å². The number of hydrogen-bond donors (Lipinski definition) is 0. The molecule has 0 saturated carbocycles. The second kappa shape index (κ2) is 6.94. The summed E-state index contributed by atoms with van der Waals surface area (Å²) in [5.41, 5.74) is 1.12. The van der Waals surface area contributed by atoms with Crippen molar-refractivity contribution >= 4 is 17.6 Å². The summed E-state index contributed by atoms with van der Waals surface area (Å²) in [6.07, 6.45) is 3.19. The van der Waals surface area contributed by atoms with Crippen molar-refractivity contribution in [2.75, 3.05) is 37.6 Å². The summed E-state index contributed by atoms with van der Waals surface area (Å²) in [4.78, 5) is 27.4. The van der Waals surface area contributed by atoms with Crippen molar-refractivity contribution in [1.82, 2.24) is 14.8 Å². The molecular formula is C20H27N5O. The lowest BCUT2D eigenvalue weighted by Crippen LogP contribution is -2.51. The Morgan fingerprint density at radius 1 is 1.27 bits per heavy atom. The number of nitrogens with zero attached hydrogens (tertiary/aromatic N) is 5. The number of carbonyl (C=O) groups is 1. The van der Waals surface area contributed by atoms with Crippen molar-refractivity contribution in [3.8, 4) is 0 Å². The molecule has 1 aromatic heterocycles. The Bertz CT molecular complexity index is 754. The molecular weight excluding hydrogens is 326 g/mol. The number of amidine groups is 1. The van der Waals surface area contributed by atoms with E-state index in [1.54, 1.807) is 0 Å². The molecule has 0 radical (unpaired) electrons. The van der Waals surface area contributed by atoms with E-state index in [1.807, 2.05) is 17.2 Å². The van der Waals surface area contributed by atoms with Gasteiger partial charge in [0.1, 0.15) is 17.5 Å². The number of anilines is 1. The molecule has 0 spiro atoms. The van der Waals surface area contributed by atoms with Crippen molar-refractivity contribution in [3.05, 3.63) is 48.9 Å². The van der Waals surface area contributed by atoms with Gasteiger partial charge in [0, 0.05) is 38.9 Å². The van der Waals surface area contributed by atoms with Crippen LogP contribution in [0.3, 0.4) is 0 Å². The Morgan fingerprint density at radius 3 is 2.58 bits per heavy atom. The van der Waals surface area contributed by atoms with Gasteiger partial charge in [-0.1, -0.05) is 33.9 Å². The van der Waals surface area contributed by atoms with Gasteiger partial charge in [-0.3, -0.25) is 4.79 Å². The van der Waals surface area contributed by atoms with E-state index in [4.69, 9.17) is 4.99 Å². The Kier molecular flexibility index (Phi) is 4.85.